The molecule has 5 heteroatoms. The number of nitrogens with two attached hydrogens (primary N) is 1. The van der Waals surface area contributed by atoms with Gasteiger partial charge >= 0.3 is 0 Å². The Bertz CT molecular complexity index is 686. The fourth-order valence-corrected chi connectivity index (χ4v) is 4.21. The summed E-state index contributed by atoms with van der Waals surface area (Å²) in [6.07, 6.45) is 1.02. The van der Waals surface area contributed by atoms with Crippen molar-refractivity contribution in [3.63, 3.8) is 0 Å². The zero-order valence-electron chi connectivity index (χ0n) is 12.3. The van der Waals surface area contributed by atoms with Gasteiger partial charge in [-0.25, -0.2) is 0 Å². The van der Waals surface area contributed by atoms with Crippen LogP contribution in [0.5, 0.6) is 0 Å². The van der Waals surface area contributed by atoms with Gasteiger partial charge < -0.3 is 10.6 Å². The first-order chi connectivity index (χ1) is 10.7. The molecule has 2 aromatic rings. The number of benzene rings is 2. The molecular weight excluding hydrogens is 316 g/mol. The van der Waals surface area contributed by atoms with Gasteiger partial charge in [-0.1, -0.05) is 35.9 Å². The molecule has 3 nitrogen and oxygen atoms in total. The molecule has 1 atom stereocenters. The third-order valence-electron chi connectivity index (χ3n) is 4.14. The van der Waals surface area contributed by atoms with Crippen LogP contribution in [-0.2, 0) is 4.79 Å². The van der Waals surface area contributed by atoms with Crippen LogP contribution in [0.25, 0.3) is 10.8 Å². The molecule has 3 rings (SSSR count). The van der Waals surface area contributed by atoms with Crippen molar-refractivity contribution in [2.75, 3.05) is 25.4 Å². The van der Waals surface area contributed by atoms with Crippen LogP contribution >= 0.6 is 23.4 Å². The summed E-state index contributed by atoms with van der Waals surface area (Å²) in [7, 11) is 0. The summed E-state index contributed by atoms with van der Waals surface area (Å²) in [5, 5.41) is 2.87. The molecule has 0 radical (unpaired) electrons. The van der Waals surface area contributed by atoms with Crippen LogP contribution in [0.1, 0.15) is 6.42 Å². The van der Waals surface area contributed by atoms with Crippen LogP contribution < -0.4 is 5.73 Å². The number of hydrogen-bond acceptors (Lipinski definition) is 3. The Balaban J connectivity index is 1.71. The van der Waals surface area contributed by atoms with E-state index in [1.165, 1.54) is 0 Å². The molecular formula is C17H19ClN2OS. The Morgan fingerprint density at radius 2 is 2.09 bits per heavy atom. The lowest BCUT2D eigenvalue weighted by atomic mass is 10.1. The van der Waals surface area contributed by atoms with E-state index in [1.54, 1.807) is 11.8 Å². The average Bonchev–Trinajstić information content (AvgIpc) is 3.02. The van der Waals surface area contributed by atoms with E-state index in [0.29, 0.717) is 18.2 Å². The zero-order valence-corrected chi connectivity index (χ0v) is 13.9. The lowest BCUT2D eigenvalue weighted by Crippen LogP contribution is -2.31. The molecule has 0 spiro atoms. The molecule has 0 aromatic heterocycles. The van der Waals surface area contributed by atoms with Crippen molar-refractivity contribution < 1.29 is 4.79 Å². The van der Waals surface area contributed by atoms with Crippen molar-refractivity contribution in [3.05, 3.63) is 41.4 Å². The van der Waals surface area contributed by atoms with Crippen LogP contribution in [0, 0.1) is 5.92 Å². The van der Waals surface area contributed by atoms with Crippen molar-refractivity contribution in [3.8, 4) is 0 Å². The molecule has 1 unspecified atom stereocenters. The molecule has 1 saturated heterocycles. The smallest absolute Gasteiger partial charge is 0.232 e. The molecule has 2 aromatic carbocycles. The summed E-state index contributed by atoms with van der Waals surface area (Å²) in [5.41, 5.74) is 5.68. The van der Waals surface area contributed by atoms with E-state index in [2.05, 4.69) is 0 Å². The minimum atomic E-state index is 0.185. The van der Waals surface area contributed by atoms with Gasteiger partial charge in [0.05, 0.1) is 5.75 Å². The lowest BCUT2D eigenvalue weighted by Gasteiger charge is -2.16. The Morgan fingerprint density at radius 3 is 2.82 bits per heavy atom. The van der Waals surface area contributed by atoms with E-state index >= 15 is 0 Å². The highest BCUT2D eigenvalue weighted by molar-refractivity contribution is 8.00. The number of nitrogens with zero attached hydrogens (tertiary/aromatic N) is 1. The SMILES string of the molecule is NCC1CCN(C(=O)CSc2cccc3cccc(Cl)c23)C1. The molecule has 2 N–H and O–H groups in total. The van der Waals surface area contributed by atoms with Crippen LogP contribution in [0.4, 0.5) is 0 Å². The maximum atomic E-state index is 12.3. The molecule has 0 aliphatic carbocycles. The predicted octanol–water partition coefficient (Wildman–Crippen LogP) is 3.39. The Kier molecular flexibility index (Phi) is 4.91. The Hall–Kier alpha value is -1.23. The van der Waals surface area contributed by atoms with E-state index in [4.69, 9.17) is 17.3 Å². The Labute approximate surface area is 139 Å². The third-order valence-corrected chi connectivity index (χ3v) is 5.50. The van der Waals surface area contributed by atoms with Gasteiger partial charge in [-0.05, 0) is 36.4 Å². The highest BCUT2D eigenvalue weighted by Gasteiger charge is 2.25. The molecule has 22 heavy (non-hydrogen) atoms. The van der Waals surface area contributed by atoms with Crippen LogP contribution in [0.2, 0.25) is 5.02 Å². The van der Waals surface area contributed by atoms with E-state index in [9.17, 15) is 4.79 Å². The predicted molar refractivity (Wildman–Crippen MR) is 93.4 cm³/mol. The second-order valence-electron chi connectivity index (χ2n) is 5.61. The van der Waals surface area contributed by atoms with Gasteiger partial charge in [-0.15, -0.1) is 11.8 Å². The van der Waals surface area contributed by atoms with E-state index < -0.39 is 0 Å². The van der Waals surface area contributed by atoms with Crippen LogP contribution in [-0.4, -0.2) is 36.2 Å². The minimum absolute atomic E-state index is 0.185. The monoisotopic (exact) mass is 334 g/mol. The van der Waals surface area contributed by atoms with Gasteiger partial charge in [0, 0.05) is 28.4 Å². The van der Waals surface area contributed by atoms with Crippen LogP contribution in [0.15, 0.2) is 41.3 Å². The highest BCUT2D eigenvalue weighted by atomic mass is 35.5. The standard InChI is InChI=1S/C17H19ClN2OS/c18-14-5-1-3-13-4-2-6-15(17(13)14)22-11-16(21)20-8-7-12(9-19)10-20/h1-6,12H,7-11,19H2. The largest absolute Gasteiger partial charge is 0.342 e. The zero-order chi connectivity index (χ0) is 15.5. The third kappa shape index (κ3) is 3.24. The van der Waals surface area contributed by atoms with E-state index in [1.807, 2.05) is 41.3 Å². The van der Waals surface area contributed by atoms with Gasteiger partial charge in [0.1, 0.15) is 0 Å². The van der Waals surface area contributed by atoms with Crippen LogP contribution in [0.3, 0.4) is 0 Å². The van der Waals surface area contributed by atoms with Crippen molar-refractivity contribution in [1.29, 1.82) is 0 Å². The van der Waals surface area contributed by atoms with Crippen molar-refractivity contribution in [2.24, 2.45) is 11.7 Å². The number of carbonyl (C=O) groups excluding carboxylic acids is 1. The molecule has 1 aliphatic rings. The molecule has 0 bridgehead atoms. The summed E-state index contributed by atoms with van der Waals surface area (Å²) in [4.78, 5) is 15.3. The number of halogens is 1. The van der Waals surface area contributed by atoms with Gasteiger partial charge in [0.2, 0.25) is 5.91 Å². The van der Waals surface area contributed by atoms with Crippen molar-refractivity contribution in [2.45, 2.75) is 11.3 Å². The van der Waals surface area contributed by atoms with Gasteiger partial charge in [0.15, 0.2) is 0 Å². The number of carbonyl (C=O) groups is 1. The van der Waals surface area contributed by atoms with Gasteiger partial charge in [-0.3, -0.25) is 4.79 Å². The minimum Gasteiger partial charge on any atom is -0.342 e. The van der Waals surface area contributed by atoms with E-state index in [0.717, 1.165) is 40.2 Å². The maximum absolute atomic E-state index is 12.3. The quantitative estimate of drug-likeness (QED) is 0.872. The summed E-state index contributed by atoms with van der Waals surface area (Å²) in [5.74, 6) is 1.09. The fraction of sp³-hybridized carbons (Fsp3) is 0.353. The number of likely N-dealkylation sites (tertiary alicyclic amines) is 1. The summed E-state index contributed by atoms with van der Waals surface area (Å²) in [6, 6.07) is 12.0. The second kappa shape index (κ2) is 6.90. The average molecular weight is 335 g/mol. The molecule has 1 amide bonds. The summed E-state index contributed by atoms with van der Waals surface area (Å²) in [6.45, 7) is 2.29. The van der Waals surface area contributed by atoms with E-state index in [-0.39, 0.29) is 5.91 Å². The van der Waals surface area contributed by atoms with Crippen molar-refractivity contribution >= 4 is 40.0 Å². The van der Waals surface area contributed by atoms with Crippen molar-refractivity contribution in [1.82, 2.24) is 4.90 Å². The first kappa shape index (κ1) is 15.7. The molecule has 1 fully saturated rings. The number of thioether (sulfide) groups is 1. The Morgan fingerprint density at radius 1 is 1.32 bits per heavy atom. The number of hydrogen-bond donors (Lipinski definition) is 1. The molecule has 116 valence electrons. The van der Waals surface area contributed by atoms with Gasteiger partial charge in [-0.2, -0.15) is 0 Å². The topological polar surface area (TPSA) is 46.3 Å². The number of amides is 1. The second-order valence-corrected chi connectivity index (χ2v) is 7.04. The normalized spacial score (nSPS) is 18.1. The van der Waals surface area contributed by atoms with Gasteiger partial charge in [0.25, 0.3) is 0 Å². The summed E-state index contributed by atoms with van der Waals surface area (Å²) < 4.78 is 0. The lowest BCUT2D eigenvalue weighted by molar-refractivity contribution is -0.127. The number of fused-ring (bicyclic) bond motifs is 1. The number of rotatable bonds is 4. The fourth-order valence-electron chi connectivity index (χ4n) is 2.86. The first-order valence-electron chi connectivity index (χ1n) is 7.47. The maximum Gasteiger partial charge on any atom is 0.232 e. The first-order valence-corrected chi connectivity index (χ1v) is 8.83. The molecule has 0 saturated carbocycles. The summed E-state index contributed by atoms with van der Waals surface area (Å²) >= 11 is 7.88. The molecule has 1 aliphatic heterocycles. The molecule has 1 heterocycles. The highest BCUT2D eigenvalue weighted by Crippen LogP contribution is 2.33.